The van der Waals surface area contributed by atoms with Crippen LogP contribution >= 0.6 is 22.9 Å². The number of carbonyl (C=O) groups excluding carboxylic acids is 1. The highest BCUT2D eigenvalue weighted by molar-refractivity contribution is 7.22. The van der Waals surface area contributed by atoms with E-state index < -0.39 is 23.3 Å². The van der Waals surface area contributed by atoms with Gasteiger partial charge in [0.15, 0.2) is 10.9 Å². The van der Waals surface area contributed by atoms with Gasteiger partial charge in [-0.3, -0.25) is 15.0 Å². The first-order chi connectivity index (χ1) is 23.1. The largest absolute Gasteiger partial charge is 0.461 e. The Balaban J connectivity index is 1.14. The molecule has 5 saturated heterocycles. The Morgan fingerprint density at radius 3 is 2.69 bits per heavy atom. The van der Waals surface area contributed by atoms with Crippen LogP contribution in [0.25, 0.3) is 32.2 Å². The van der Waals surface area contributed by atoms with Crippen LogP contribution in [0.15, 0.2) is 18.2 Å². The molecule has 5 aliphatic rings. The van der Waals surface area contributed by atoms with E-state index in [2.05, 4.69) is 25.1 Å². The van der Waals surface area contributed by atoms with Gasteiger partial charge in [-0.2, -0.15) is 9.97 Å². The number of anilines is 2. The lowest BCUT2D eigenvalue weighted by molar-refractivity contribution is -0.134. The van der Waals surface area contributed by atoms with Crippen LogP contribution in [0, 0.1) is 11.6 Å². The Kier molecular flexibility index (Phi) is 7.03. The van der Waals surface area contributed by atoms with Crippen LogP contribution in [0.3, 0.4) is 0 Å². The summed E-state index contributed by atoms with van der Waals surface area (Å²) in [6.45, 7) is 4.38. The molecule has 2 aromatic carbocycles. The maximum atomic E-state index is 16.9. The second-order valence-corrected chi connectivity index (χ2v) is 15.4. The third-order valence-corrected chi connectivity index (χ3v) is 12.2. The van der Waals surface area contributed by atoms with E-state index in [0.717, 1.165) is 43.6 Å². The van der Waals surface area contributed by atoms with Gasteiger partial charge in [0.1, 0.15) is 36.0 Å². The number of hydrogen-bond donors (Lipinski definition) is 2. The molecule has 5 aliphatic heterocycles. The van der Waals surface area contributed by atoms with Crippen molar-refractivity contribution in [1.29, 1.82) is 0 Å². The summed E-state index contributed by atoms with van der Waals surface area (Å²) in [4.78, 5) is 33.3. The zero-order valence-corrected chi connectivity index (χ0v) is 27.8. The van der Waals surface area contributed by atoms with Crippen LogP contribution in [0.1, 0.15) is 39.0 Å². The number of hydrogen-bond acceptors (Lipinski definition) is 10. The van der Waals surface area contributed by atoms with Crippen LogP contribution < -0.4 is 20.7 Å². The van der Waals surface area contributed by atoms with Crippen LogP contribution in [0.2, 0.25) is 5.02 Å². The number of ether oxygens (including phenoxy) is 1. The number of amides is 1. The zero-order chi connectivity index (χ0) is 33.1. The van der Waals surface area contributed by atoms with Crippen molar-refractivity contribution in [3.63, 3.8) is 0 Å². The van der Waals surface area contributed by atoms with Crippen molar-refractivity contribution in [2.45, 2.75) is 74.9 Å². The van der Waals surface area contributed by atoms with Gasteiger partial charge in [0.25, 0.3) is 0 Å². The maximum Gasteiger partial charge on any atom is 0.319 e. The number of nitrogens with one attached hydrogen (secondary N) is 1. The van der Waals surface area contributed by atoms with Crippen molar-refractivity contribution in [2.24, 2.45) is 0 Å². The van der Waals surface area contributed by atoms with Gasteiger partial charge >= 0.3 is 6.01 Å². The Morgan fingerprint density at radius 1 is 1.17 bits per heavy atom. The molecule has 252 valence electrons. The summed E-state index contributed by atoms with van der Waals surface area (Å²) in [5.41, 5.74) is 5.99. The maximum absolute atomic E-state index is 16.9. The number of rotatable bonds is 6. The van der Waals surface area contributed by atoms with E-state index in [1.807, 2.05) is 11.8 Å². The number of thiazole rings is 1. The topological polar surface area (TPSA) is 123 Å². The summed E-state index contributed by atoms with van der Waals surface area (Å²) in [6.07, 6.45) is 2.91. The molecule has 2 bridgehead atoms. The molecule has 48 heavy (non-hydrogen) atoms. The number of alkyl halides is 1. The lowest BCUT2D eigenvalue weighted by atomic mass is 9.95. The van der Waals surface area contributed by atoms with Crippen molar-refractivity contribution in [2.75, 3.05) is 43.4 Å². The Morgan fingerprint density at radius 2 is 1.94 bits per heavy atom. The molecule has 5 fully saturated rings. The first-order valence-electron chi connectivity index (χ1n) is 16.5. The van der Waals surface area contributed by atoms with Gasteiger partial charge in [-0.05, 0) is 57.4 Å². The Bertz CT molecular complexity index is 1990. The molecule has 10 nitrogen and oxygen atoms in total. The number of nitrogens with zero attached hydrogens (tertiary/aromatic N) is 6. The number of nitrogen functional groups attached to an aromatic ring is 1. The van der Waals surface area contributed by atoms with Gasteiger partial charge in [0, 0.05) is 60.7 Å². The summed E-state index contributed by atoms with van der Waals surface area (Å²) < 4.78 is 52.7. The first kappa shape index (κ1) is 30.6. The van der Waals surface area contributed by atoms with Gasteiger partial charge in [0.2, 0.25) is 5.91 Å². The zero-order valence-electron chi connectivity index (χ0n) is 26.2. The number of benzene rings is 2. The van der Waals surface area contributed by atoms with Crippen molar-refractivity contribution < 1.29 is 22.7 Å². The van der Waals surface area contributed by atoms with E-state index in [-0.39, 0.29) is 74.1 Å². The predicted octanol–water partition coefficient (Wildman–Crippen LogP) is 4.92. The quantitative estimate of drug-likeness (QED) is 0.271. The second kappa shape index (κ2) is 11.0. The molecule has 2 unspecified atom stereocenters. The Labute approximate surface area is 283 Å². The van der Waals surface area contributed by atoms with E-state index in [4.69, 9.17) is 27.1 Å². The summed E-state index contributed by atoms with van der Waals surface area (Å²) in [6, 6.07) is 4.29. The predicted molar refractivity (Wildman–Crippen MR) is 178 cm³/mol. The summed E-state index contributed by atoms with van der Waals surface area (Å²) in [5.74, 6) is -0.646. The van der Waals surface area contributed by atoms with E-state index in [9.17, 15) is 13.6 Å². The van der Waals surface area contributed by atoms with Gasteiger partial charge in [-0.15, -0.1) is 0 Å². The molecule has 3 N–H and O–H groups in total. The monoisotopic (exact) mass is 698 g/mol. The molecular formula is C33H34ClF3N8O2S. The molecule has 6 atom stereocenters. The van der Waals surface area contributed by atoms with Crippen LogP contribution in [0.4, 0.5) is 24.1 Å². The smallest absolute Gasteiger partial charge is 0.319 e. The van der Waals surface area contributed by atoms with Crippen LogP contribution in [0.5, 0.6) is 6.01 Å². The first-order valence-corrected chi connectivity index (χ1v) is 17.7. The molecule has 2 aromatic heterocycles. The van der Waals surface area contributed by atoms with E-state index in [1.165, 1.54) is 12.1 Å². The number of carbonyl (C=O) groups is 1. The van der Waals surface area contributed by atoms with E-state index >= 15 is 4.39 Å². The summed E-state index contributed by atoms with van der Waals surface area (Å²) >= 11 is 7.83. The molecule has 0 radical (unpaired) electrons. The molecule has 1 amide bonds. The number of piperazine rings is 1. The normalized spacial score (nSPS) is 29.7. The molecule has 0 spiro atoms. The Hall–Kier alpha value is -3.46. The minimum absolute atomic E-state index is 0.00694. The summed E-state index contributed by atoms with van der Waals surface area (Å²) in [7, 11) is 0. The minimum Gasteiger partial charge on any atom is -0.461 e. The average Bonchev–Trinajstić information content (AvgIpc) is 3.29. The standard InChI is InChI=1S/C33H34ClF3N8O2S/c1-15-25(39-15)30(46)45-17-3-4-18(45)13-43(12-17)29-20-9-21(34)23(19-5-6-22(36)28-27(19)40-31(38)48-28)24(37)26(20)41-32(42-29)47-14-33-7-2-8-44(33)11-16(35)10-33/h5-6,9,15-18,25,39H,2-4,7-8,10-14H2,1H3,(H2,38,40)/t15-,16-,17?,18?,25+,33+/m1/s1. The fourth-order valence-corrected chi connectivity index (χ4v) is 9.72. The molecule has 0 saturated carbocycles. The minimum atomic E-state index is -0.931. The summed E-state index contributed by atoms with van der Waals surface area (Å²) in [5, 5.41) is 3.85. The number of halogens is 4. The molecule has 0 aliphatic carbocycles. The van der Waals surface area contributed by atoms with Crippen molar-refractivity contribution in [3.05, 3.63) is 34.9 Å². The van der Waals surface area contributed by atoms with E-state index in [1.54, 1.807) is 6.07 Å². The van der Waals surface area contributed by atoms with Gasteiger partial charge in [-0.25, -0.2) is 18.2 Å². The fourth-order valence-electron chi connectivity index (χ4n) is 8.66. The third kappa shape index (κ3) is 4.73. The molecule has 4 aromatic rings. The average molecular weight is 699 g/mol. The van der Waals surface area contributed by atoms with Crippen LogP contribution in [-0.4, -0.2) is 99.3 Å². The lowest BCUT2D eigenvalue weighted by Gasteiger charge is -2.42. The highest BCUT2D eigenvalue weighted by Gasteiger charge is 2.51. The van der Waals surface area contributed by atoms with Gasteiger partial charge in [0.05, 0.1) is 20.8 Å². The molecule has 7 heterocycles. The van der Waals surface area contributed by atoms with E-state index in [0.29, 0.717) is 42.8 Å². The number of nitrogens with two attached hydrogens (primary N) is 1. The lowest BCUT2D eigenvalue weighted by Crippen LogP contribution is -2.57. The highest BCUT2D eigenvalue weighted by atomic mass is 35.5. The molecule has 15 heteroatoms. The number of aromatic nitrogens is 3. The second-order valence-electron chi connectivity index (χ2n) is 13.9. The van der Waals surface area contributed by atoms with Gasteiger partial charge in [-0.1, -0.05) is 22.9 Å². The highest BCUT2D eigenvalue weighted by Crippen LogP contribution is 2.45. The SMILES string of the molecule is C[C@H]1N[C@@H]1C(=O)N1C2CCC1CN(c1nc(OC[C@@]34CCCN3C[C@H](F)C4)nc3c(F)c(-c4ccc(F)c5sc(N)nc45)c(Cl)cc13)C2. The van der Waals surface area contributed by atoms with Crippen LogP contribution in [-0.2, 0) is 4.79 Å². The third-order valence-electron chi connectivity index (χ3n) is 11.0. The fraction of sp³-hybridized carbons (Fsp3) is 0.515. The molecular weight excluding hydrogens is 665 g/mol. The van der Waals surface area contributed by atoms with Gasteiger partial charge < -0.3 is 20.3 Å². The van der Waals surface area contributed by atoms with Crippen molar-refractivity contribution >= 4 is 60.9 Å². The number of fused-ring (bicyclic) bond motifs is 5. The van der Waals surface area contributed by atoms with Crippen molar-refractivity contribution in [1.82, 2.24) is 30.1 Å². The molecule has 9 rings (SSSR count). The van der Waals surface area contributed by atoms with Crippen molar-refractivity contribution in [3.8, 4) is 17.1 Å².